The number of pyridine rings is 1. The second kappa shape index (κ2) is 17.8. The van der Waals surface area contributed by atoms with Crippen molar-refractivity contribution >= 4 is 45.7 Å². The van der Waals surface area contributed by atoms with E-state index in [1.165, 1.54) is 57.1 Å². The number of rotatable bonds is 12. The second-order valence-corrected chi connectivity index (χ2v) is 14.8. The van der Waals surface area contributed by atoms with Gasteiger partial charge in [-0.2, -0.15) is 17.6 Å². The highest BCUT2D eigenvalue weighted by Gasteiger charge is 2.33. The maximum atomic E-state index is 15.5. The number of benzene rings is 2. The van der Waals surface area contributed by atoms with E-state index in [9.17, 15) is 27.2 Å². The summed E-state index contributed by atoms with van der Waals surface area (Å²) in [6.07, 6.45) is -0.811. The Bertz CT molecular complexity index is 2090. The number of hydrogen-bond donors (Lipinski definition) is 0. The van der Waals surface area contributed by atoms with Gasteiger partial charge in [-0.25, -0.2) is 18.9 Å². The maximum absolute atomic E-state index is 15.5. The fourth-order valence-corrected chi connectivity index (χ4v) is 6.33. The van der Waals surface area contributed by atoms with E-state index in [0.717, 1.165) is 25.0 Å². The second-order valence-electron chi connectivity index (χ2n) is 14.4. The van der Waals surface area contributed by atoms with Crippen LogP contribution in [0.15, 0.2) is 66.9 Å². The van der Waals surface area contributed by atoms with Crippen molar-refractivity contribution in [2.45, 2.75) is 64.5 Å². The van der Waals surface area contributed by atoms with Crippen LogP contribution in [0.4, 0.5) is 26.7 Å². The Morgan fingerprint density at radius 1 is 1.04 bits per heavy atom. The van der Waals surface area contributed by atoms with Gasteiger partial charge >= 0.3 is 12.3 Å². The van der Waals surface area contributed by atoms with Gasteiger partial charge in [0.05, 0.1) is 28.9 Å². The molecule has 2 aromatic heterocycles. The number of alkyl halides is 3. The van der Waals surface area contributed by atoms with Crippen molar-refractivity contribution in [1.82, 2.24) is 24.6 Å². The minimum Gasteiger partial charge on any atom is -0.476 e. The fraction of sp³-hybridized carbons (Fsp3) is 0.400. The predicted octanol–water partition coefficient (Wildman–Crippen LogP) is 9.23. The predicted molar refractivity (Wildman–Crippen MR) is 202 cm³/mol. The minimum absolute atomic E-state index is 0.0213. The summed E-state index contributed by atoms with van der Waals surface area (Å²) < 4.78 is 91.3. The molecule has 0 bridgehead atoms. The van der Waals surface area contributed by atoms with E-state index in [1.54, 1.807) is 47.0 Å². The molecule has 0 spiro atoms. The van der Waals surface area contributed by atoms with Crippen LogP contribution in [0.1, 0.15) is 69.4 Å². The summed E-state index contributed by atoms with van der Waals surface area (Å²) in [4.78, 5) is 32.0. The van der Waals surface area contributed by atoms with Gasteiger partial charge in [-0.15, -0.1) is 5.10 Å². The van der Waals surface area contributed by atoms with Crippen LogP contribution < -0.4 is 4.74 Å². The molecule has 0 radical (unpaired) electrons. The number of amides is 2. The van der Waals surface area contributed by atoms with E-state index in [0.29, 0.717) is 18.5 Å². The maximum Gasteiger partial charge on any atom is 0.410 e. The zero-order chi connectivity index (χ0) is 40.8. The summed E-state index contributed by atoms with van der Waals surface area (Å²) in [6, 6.07) is 10.6. The van der Waals surface area contributed by atoms with E-state index in [1.807, 2.05) is 0 Å². The van der Waals surface area contributed by atoms with E-state index >= 15 is 4.39 Å². The molecule has 0 aliphatic carbocycles. The molecule has 1 atom stereocenters. The molecule has 10 nitrogen and oxygen atoms in total. The van der Waals surface area contributed by atoms with Crippen molar-refractivity contribution in [3.8, 4) is 5.88 Å². The Labute approximate surface area is 326 Å². The number of halogens is 6. The summed E-state index contributed by atoms with van der Waals surface area (Å²) in [7, 11) is 3.19. The molecule has 1 fully saturated rings. The Kier molecular flexibility index (Phi) is 13.4. The largest absolute Gasteiger partial charge is 0.476 e. The smallest absolute Gasteiger partial charge is 0.410 e. The van der Waals surface area contributed by atoms with Crippen LogP contribution in [-0.4, -0.2) is 88.7 Å². The summed E-state index contributed by atoms with van der Waals surface area (Å²) in [6.45, 7) is 5.67. The molecule has 3 heterocycles. The highest BCUT2D eigenvalue weighted by atomic mass is 35.5. The SMILES string of the molecule is CN(C)C(=O)/C=C/CN(CCOc1ccc(/C(=C(/CC(F)(F)F)c2ccc(F)cc2Cl)c2ccc3c(c2)c(F)nn3C2CCCCO2)cn1)C(=O)OC(C)(C)C. The number of hydrogen-bond acceptors (Lipinski definition) is 7. The van der Waals surface area contributed by atoms with E-state index in [4.69, 9.17) is 25.8 Å². The number of carbonyl (C=O) groups excluding carboxylic acids is 2. The van der Waals surface area contributed by atoms with Gasteiger partial charge in [0, 0.05) is 51.1 Å². The fourth-order valence-electron chi connectivity index (χ4n) is 6.05. The third-order valence-electron chi connectivity index (χ3n) is 8.63. The van der Waals surface area contributed by atoms with Gasteiger partial charge in [-0.3, -0.25) is 4.79 Å². The Morgan fingerprint density at radius 3 is 2.41 bits per heavy atom. The summed E-state index contributed by atoms with van der Waals surface area (Å²) >= 11 is 6.38. The third kappa shape index (κ3) is 11.1. The molecule has 1 saturated heterocycles. The number of carbonyl (C=O) groups is 2. The third-order valence-corrected chi connectivity index (χ3v) is 8.94. The van der Waals surface area contributed by atoms with Crippen molar-refractivity contribution in [2.75, 3.05) is 40.4 Å². The van der Waals surface area contributed by atoms with E-state index < -0.39 is 42.3 Å². The van der Waals surface area contributed by atoms with Crippen LogP contribution in [-0.2, 0) is 14.3 Å². The van der Waals surface area contributed by atoms with Gasteiger partial charge in [0.15, 0.2) is 6.23 Å². The Hall–Kier alpha value is -5.02. The molecule has 2 aromatic carbocycles. The Morgan fingerprint density at radius 2 is 1.79 bits per heavy atom. The molecule has 2 amide bonds. The van der Waals surface area contributed by atoms with Crippen LogP contribution in [0.3, 0.4) is 0 Å². The topological polar surface area (TPSA) is 99.0 Å². The summed E-state index contributed by atoms with van der Waals surface area (Å²) in [5, 5.41) is 3.88. The normalized spacial score (nSPS) is 15.5. The van der Waals surface area contributed by atoms with Gasteiger partial charge in [0.1, 0.15) is 18.0 Å². The van der Waals surface area contributed by atoms with Crippen LogP contribution in [0.25, 0.3) is 22.0 Å². The van der Waals surface area contributed by atoms with Crippen molar-refractivity contribution < 1.29 is 45.8 Å². The van der Waals surface area contributed by atoms with Crippen molar-refractivity contribution in [3.63, 3.8) is 0 Å². The molecular formula is C40H43ClF5N5O5. The number of ether oxygens (including phenoxy) is 3. The van der Waals surface area contributed by atoms with Crippen LogP contribution in [0.5, 0.6) is 5.88 Å². The number of allylic oxidation sites excluding steroid dienone is 1. The first-order chi connectivity index (χ1) is 26.4. The molecule has 56 heavy (non-hydrogen) atoms. The molecule has 1 aliphatic heterocycles. The average molecular weight is 804 g/mol. The monoisotopic (exact) mass is 803 g/mol. The number of likely N-dealkylation sites (N-methyl/N-ethyl adjacent to an activating group) is 1. The van der Waals surface area contributed by atoms with Crippen LogP contribution in [0, 0.1) is 11.8 Å². The lowest BCUT2D eigenvalue weighted by molar-refractivity contribution is -0.124. The molecule has 300 valence electrons. The highest BCUT2D eigenvalue weighted by molar-refractivity contribution is 6.32. The van der Waals surface area contributed by atoms with Gasteiger partial charge < -0.3 is 24.0 Å². The number of nitrogens with zero attached hydrogens (tertiary/aromatic N) is 5. The van der Waals surface area contributed by atoms with Gasteiger partial charge in [-0.1, -0.05) is 29.8 Å². The first-order valence-electron chi connectivity index (χ1n) is 17.9. The zero-order valence-corrected chi connectivity index (χ0v) is 32.4. The van der Waals surface area contributed by atoms with Gasteiger partial charge in [-0.05, 0) is 92.6 Å². The Balaban J connectivity index is 1.51. The molecule has 4 aromatic rings. The number of fused-ring (bicyclic) bond motifs is 1. The lowest BCUT2D eigenvalue weighted by Crippen LogP contribution is -2.39. The van der Waals surface area contributed by atoms with Crippen molar-refractivity contribution in [1.29, 1.82) is 0 Å². The molecule has 5 rings (SSSR count). The average Bonchev–Trinajstić information content (AvgIpc) is 3.45. The number of aromatic nitrogens is 3. The van der Waals surface area contributed by atoms with Gasteiger partial charge in [0.25, 0.3) is 0 Å². The van der Waals surface area contributed by atoms with Gasteiger partial charge in [0.2, 0.25) is 17.7 Å². The first-order valence-corrected chi connectivity index (χ1v) is 18.3. The minimum atomic E-state index is -4.73. The van der Waals surface area contributed by atoms with E-state index in [-0.39, 0.29) is 69.7 Å². The summed E-state index contributed by atoms with van der Waals surface area (Å²) in [5.41, 5.74) is -0.336. The zero-order valence-electron chi connectivity index (χ0n) is 31.6. The molecule has 0 saturated carbocycles. The lowest BCUT2D eigenvalue weighted by Gasteiger charge is -2.26. The summed E-state index contributed by atoms with van der Waals surface area (Å²) in [5.74, 6) is -1.74. The van der Waals surface area contributed by atoms with E-state index in [2.05, 4.69) is 10.1 Å². The van der Waals surface area contributed by atoms with Crippen LogP contribution in [0.2, 0.25) is 5.02 Å². The first kappa shape index (κ1) is 42.1. The lowest BCUT2D eigenvalue weighted by atomic mass is 9.88. The standard InChI is InChI=1S/C40H43ClF5N5O5/c1-39(2,3)56-38(53)50(17-8-9-34(52)49(4)5)18-20-54-33-16-12-26(24-47-33)36(30(23-40(44,45)46)28-14-13-27(42)22-31(28)41)25-11-15-32-29(21-25)37(43)48-51(32)35-10-6-7-19-55-35/h8-9,11-16,21-22,24,35H,6-7,10,17-20,23H2,1-5H3/b9-8+,36-30-. The van der Waals surface area contributed by atoms with Crippen molar-refractivity contribution in [3.05, 3.63) is 100 Å². The molecular weight excluding hydrogens is 761 g/mol. The molecule has 16 heteroatoms. The quantitative estimate of drug-likeness (QED) is 0.0800. The van der Waals surface area contributed by atoms with Crippen LogP contribution >= 0.6 is 11.6 Å². The highest BCUT2D eigenvalue weighted by Crippen LogP contribution is 2.42. The van der Waals surface area contributed by atoms with Crippen molar-refractivity contribution in [2.24, 2.45) is 0 Å². The molecule has 1 aliphatic rings. The molecule has 0 N–H and O–H groups in total. The molecule has 1 unspecified atom stereocenters.